The van der Waals surface area contributed by atoms with Crippen LogP contribution in [0.4, 0.5) is 5.69 Å². The fraction of sp³-hybridized carbons (Fsp3) is 0.143. The minimum atomic E-state index is -0.469. The predicted octanol–water partition coefficient (Wildman–Crippen LogP) is 2.30. The molecule has 0 unspecified atom stereocenters. The second-order valence-electron chi connectivity index (χ2n) is 2.31. The molecule has 0 radical (unpaired) electrons. The maximum Gasteiger partial charge on any atom is 0.288 e. The highest BCUT2D eigenvalue weighted by atomic mass is 127. The Morgan fingerprint density at radius 1 is 1.46 bits per heavy atom. The molecule has 1 aromatic carbocycles. The SMILES string of the molecule is O=[N+]([O-])c1c(I)cc(I)cc1CO. The molecule has 13 heavy (non-hydrogen) atoms. The van der Waals surface area contributed by atoms with Crippen molar-refractivity contribution in [2.24, 2.45) is 0 Å². The van der Waals surface area contributed by atoms with Crippen molar-refractivity contribution in [1.82, 2.24) is 0 Å². The average Bonchev–Trinajstić information content (AvgIpc) is 2.01. The topological polar surface area (TPSA) is 63.4 Å². The lowest BCUT2D eigenvalue weighted by Crippen LogP contribution is -1.98. The van der Waals surface area contributed by atoms with E-state index in [-0.39, 0.29) is 12.3 Å². The van der Waals surface area contributed by atoms with Gasteiger partial charge in [-0.25, -0.2) is 0 Å². The Hall–Kier alpha value is 0.0400. The van der Waals surface area contributed by atoms with E-state index < -0.39 is 4.92 Å². The first-order valence-electron chi connectivity index (χ1n) is 3.29. The van der Waals surface area contributed by atoms with Crippen LogP contribution in [0.1, 0.15) is 5.56 Å². The summed E-state index contributed by atoms with van der Waals surface area (Å²) in [4.78, 5) is 10.1. The van der Waals surface area contributed by atoms with E-state index in [9.17, 15) is 10.1 Å². The number of benzene rings is 1. The summed E-state index contributed by atoms with van der Waals surface area (Å²) >= 11 is 3.95. The molecule has 0 spiro atoms. The van der Waals surface area contributed by atoms with Gasteiger partial charge in [0.2, 0.25) is 0 Å². The van der Waals surface area contributed by atoms with E-state index in [0.29, 0.717) is 9.13 Å². The number of hydrogen-bond acceptors (Lipinski definition) is 3. The molecule has 0 saturated heterocycles. The van der Waals surface area contributed by atoms with Crippen molar-refractivity contribution in [2.75, 3.05) is 0 Å². The Bertz CT molecular complexity index is 354. The predicted molar refractivity (Wildman–Crippen MR) is 64.5 cm³/mol. The van der Waals surface area contributed by atoms with Gasteiger partial charge in [0.05, 0.1) is 20.7 Å². The molecule has 1 rings (SSSR count). The Balaban J connectivity index is 3.38. The van der Waals surface area contributed by atoms with Crippen LogP contribution in [0.25, 0.3) is 0 Å². The summed E-state index contributed by atoms with van der Waals surface area (Å²) < 4.78 is 1.44. The minimum absolute atomic E-state index is 0.00326. The summed E-state index contributed by atoms with van der Waals surface area (Å²) in [6.07, 6.45) is 0. The van der Waals surface area contributed by atoms with Gasteiger partial charge in [-0.1, -0.05) is 0 Å². The Morgan fingerprint density at radius 2 is 2.08 bits per heavy atom. The summed E-state index contributed by atoms with van der Waals surface area (Å²) in [5.41, 5.74) is 0.366. The minimum Gasteiger partial charge on any atom is -0.391 e. The molecular formula is C7H5I2NO3. The monoisotopic (exact) mass is 405 g/mol. The summed E-state index contributed by atoms with van der Waals surface area (Å²) in [6, 6.07) is 3.32. The second-order valence-corrected chi connectivity index (χ2v) is 4.72. The van der Waals surface area contributed by atoms with Crippen molar-refractivity contribution in [3.8, 4) is 0 Å². The zero-order valence-electron chi connectivity index (χ0n) is 6.33. The normalized spacial score (nSPS) is 10.1. The van der Waals surface area contributed by atoms with Crippen LogP contribution < -0.4 is 0 Å². The maximum absolute atomic E-state index is 10.6. The quantitative estimate of drug-likeness (QED) is 0.467. The fourth-order valence-electron chi connectivity index (χ4n) is 0.944. The smallest absolute Gasteiger partial charge is 0.288 e. The standard InChI is InChI=1S/C7H5I2NO3/c8-5-1-4(3-11)7(10(12)13)6(9)2-5/h1-2,11H,3H2. The Morgan fingerprint density at radius 3 is 2.54 bits per heavy atom. The molecular weight excluding hydrogens is 400 g/mol. The van der Waals surface area contributed by atoms with Gasteiger partial charge in [0.25, 0.3) is 5.69 Å². The third-order valence-corrected chi connectivity index (χ3v) is 2.91. The van der Waals surface area contributed by atoms with Gasteiger partial charge >= 0.3 is 0 Å². The summed E-state index contributed by atoms with van der Waals surface area (Å²) in [5.74, 6) is 0. The van der Waals surface area contributed by atoms with Gasteiger partial charge in [-0.3, -0.25) is 10.1 Å². The lowest BCUT2D eigenvalue weighted by molar-refractivity contribution is -0.386. The number of nitro groups is 1. The molecule has 0 aliphatic carbocycles. The first kappa shape index (κ1) is 11.1. The number of aliphatic hydroxyl groups excluding tert-OH is 1. The van der Waals surface area contributed by atoms with Gasteiger partial charge in [0.1, 0.15) is 0 Å². The van der Waals surface area contributed by atoms with Crippen LogP contribution in [0.15, 0.2) is 12.1 Å². The highest BCUT2D eigenvalue weighted by Gasteiger charge is 2.18. The molecule has 0 atom stereocenters. The van der Waals surface area contributed by atoms with Crippen LogP contribution in [0.5, 0.6) is 0 Å². The fourth-order valence-corrected chi connectivity index (χ4v) is 3.11. The molecule has 0 aliphatic rings. The van der Waals surface area contributed by atoms with Gasteiger partial charge in [-0.05, 0) is 57.3 Å². The summed E-state index contributed by atoms with van der Waals surface area (Å²) in [6.45, 7) is -0.302. The second kappa shape index (κ2) is 4.51. The van der Waals surface area contributed by atoms with Gasteiger partial charge in [-0.2, -0.15) is 0 Å². The largest absolute Gasteiger partial charge is 0.391 e. The number of rotatable bonds is 2. The molecule has 0 aliphatic heterocycles. The molecule has 0 bridgehead atoms. The molecule has 0 fully saturated rings. The van der Waals surface area contributed by atoms with Gasteiger partial charge in [0, 0.05) is 3.57 Å². The van der Waals surface area contributed by atoms with E-state index in [1.807, 2.05) is 22.6 Å². The van der Waals surface area contributed by atoms with E-state index in [2.05, 4.69) is 22.6 Å². The zero-order valence-corrected chi connectivity index (χ0v) is 10.6. The molecule has 0 amide bonds. The lowest BCUT2D eigenvalue weighted by Gasteiger charge is -2.02. The summed E-state index contributed by atoms with van der Waals surface area (Å²) in [7, 11) is 0. The molecule has 0 saturated carbocycles. The molecule has 70 valence electrons. The van der Waals surface area contributed by atoms with Crippen LogP contribution in [0, 0.1) is 17.3 Å². The molecule has 0 aromatic heterocycles. The maximum atomic E-state index is 10.6. The molecule has 4 nitrogen and oxygen atoms in total. The van der Waals surface area contributed by atoms with Crippen LogP contribution in [-0.4, -0.2) is 10.0 Å². The van der Waals surface area contributed by atoms with E-state index in [1.165, 1.54) is 0 Å². The first-order chi connectivity index (χ1) is 6.06. The van der Waals surface area contributed by atoms with Gasteiger partial charge in [0.15, 0.2) is 0 Å². The van der Waals surface area contributed by atoms with Crippen LogP contribution >= 0.6 is 45.2 Å². The van der Waals surface area contributed by atoms with E-state index in [1.54, 1.807) is 12.1 Å². The van der Waals surface area contributed by atoms with E-state index >= 15 is 0 Å². The average molecular weight is 405 g/mol. The van der Waals surface area contributed by atoms with Crippen molar-refractivity contribution >= 4 is 50.9 Å². The molecule has 6 heteroatoms. The molecule has 1 N–H and O–H groups in total. The number of aliphatic hydroxyl groups is 1. The van der Waals surface area contributed by atoms with Crippen molar-refractivity contribution < 1.29 is 10.0 Å². The van der Waals surface area contributed by atoms with Gasteiger partial charge in [-0.15, -0.1) is 0 Å². The van der Waals surface area contributed by atoms with Crippen molar-refractivity contribution in [3.63, 3.8) is 0 Å². The Labute approximate surface area is 102 Å². The highest BCUT2D eigenvalue weighted by molar-refractivity contribution is 14.1. The number of hydrogen-bond donors (Lipinski definition) is 1. The van der Waals surface area contributed by atoms with Crippen molar-refractivity contribution in [2.45, 2.75) is 6.61 Å². The number of nitrogens with zero attached hydrogens (tertiary/aromatic N) is 1. The van der Waals surface area contributed by atoms with Gasteiger partial charge < -0.3 is 5.11 Å². The van der Waals surface area contributed by atoms with Crippen molar-refractivity contribution in [1.29, 1.82) is 0 Å². The third kappa shape index (κ3) is 2.50. The van der Waals surface area contributed by atoms with Crippen LogP contribution in [0.2, 0.25) is 0 Å². The van der Waals surface area contributed by atoms with E-state index in [0.717, 1.165) is 3.57 Å². The molecule has 0 heterocycles. The highest BCUT2D eigenvalue weighted by Crippen LogP contribution is 2.27. The van der Waals surface area contributed by atoms with Crippen LogP contribution in [0.3, 0.4) is 0 Å². The number of halogens is 2. The lowest BCUT2D eigenvalue weighted by atomic mass is 10.2. The Kier molecular flexibility index (Phi) is 3.86. The number of nitro benzene ring substituents is 1. The third-order valence-electron chi connectivity index (χ3n) is 1.46. The van der Waals surface area contributed by atoms with Crippen molar-refractivity contribution in [3.05, 3.63) is 35.0 Å². The molecule has 1 aromatic rings. The summed E-state index contributed by atoms with van der Waals surface area (Å²) in [5, 5.41) is 19.5. The van der Waals surface area contributed by atoms with E-state index in [4.69, 9.17) is 5.11 Å². The first-order valence-corrected chi connectivity index (χ1v) is 5.45. The zero-order chi connectivity index (χ0) is 10.0. The van der Waals surface area contributed by atoms with Crippen LogP contribution in [-0.2, 0) is 6.61 Å².